The molecule has 4 N–H and O–H groups in total. The summed E-state index contributed by atoms with van der Waals surface area (Å²) in [7, 11) is 0. The second kappa shape index (κ2) is 8.82. The van der Waals surface area contributed by atoms with Crippen molar-refractivity contribution in [1.29, 1.82) is 0 Å². The molecule has 0 saturated heterocycles. The topological polar surface area (TPSA) is 63.1 Å². The Balaban J connectivity index is 1.70. The van der Waals surface area contributed by atoms with Gasteiger partial charge in [-0.3, -0.25) is 10.3 Å². The minimum Gasteiger partial charge on any atom is -0.362 e. The molecule has 0 aliphatic rings. The fourth-order valence-corrected chi connectivity index (χ4v) is 2.34. The number of nitrogens with one attached hydrogen (secondary N) is 4. The zero-order valence-electron chi connectivity index (χ0n) is 13.0. The Hall–Kier alpha value is -2.13. The number of aromatic amines is 1. The average molecular weight is 391 g/mol. The standard InChI is InChI=1S/C15H15ClF3N5S/c16-12-7-10(15(17,18)19)8-23-13(12)21-5-2-6-22-14(25)24-11-3-1-4-20-9-11/h1,3-4,7-9H,2,5-6H2,(H,21,23)(H2,22,24,25)/p+1. The molecule has 0 fully saturated rings. The molecule has 0 aromatic carbocycles. The average Bonchev–Trinajstić information content (AvgIpc) is 2.55. The number of alkyl halides is 3. The molecule has 2 heterocycles. The Kier molecular flexibility index (Phi) is 6.77. The van der Waals surface area contributed by atoms with Crippen molar-refractivity contribution in [3.8, 4) is 0 Å². The van der Waals surface area contributed by atoms with E-state index in [1.54, 1.807) is 18.5 Å². The normalized spacial score (nSPS) is 11.0. The van der Waals surface area contributed by atoms with E-state index in [1.165, 1.54) is 0 Å². The van der Waals surface area contributed by atoms with E-state index in [4.69, 9.17) is 23.8 Å². The van der Waals surface area contributed by atoms with Gasteiger partial charge in [-0.1, -0.05) is 11.6 Å². The maximum atomic E-state index is 12.6. The van der Waals surface area contributed by atoms with Crippen LogP contribution in [0.4, 0.5) is 24.7 Å². The van der Waals surface area contributed by atoms with E-state index in [0.717, 1.165) is 18.0 Å². The first-order chi connectivity index (χ1) is 11.9. The highest BCUT2D eigenvalue weighted by atomic mass is 35.5. The number of nitrogens with zero attached hydrogens (tertiary/aromatic N) is 1. The summed E-state index contributed by atoms with van der Waals surface area (Å²) >= 11 is 11.0. The van der Waals surface area contributed by atoms with E-state index >= 15 is 0 Å². The third-order valence-corrected chi connectivity index (χ3v) is 3.63. The molecule has 2 aromatic heterocycles. The van der Waals surface area contributed by atoms with Crippen LogP contribution in [-0.4, -0.2) is 23.2 Å². The smallest absolute Gasteiger partial charge is 0.362 e. The van der Waals surface area contributed by atoms with Gasteiger partial charge in [-0.05, 0) is 30.4 Å². The summed E-state index contributed by atoms with van der Waals surface area (Å²) in [4.78, 5) is 6.48. The van der Waals surface area contributed by atoms with Crippen LogP contribution >= 0.6 is 23.8 Å². The molecular formula is C15H16ClF3N5S+. The Labute approximate surface area is 153 Å². The molecule has 2 rings (SSSR count). The van der Waals surface area contributed by atoms with Crippen molar-refractivity contribution >= 4 is 40.4 Å². The van der Waals surface area contributed by atoms with E-state index in [2.05, 4.69) is 25.9 Å². The molecule has 0 spiro atoms. The maximum Gasteiger partial charge on any atom is 0.419 e. The van der Waals surface area contributed by atoms with Crippen LogP contribution in [0.15, 0.2) is 36.8 Å². The Morgan fingerprint density at radius 3 is 2.76 bits per heavy atom. The SMILES string of the molecule is FC(F)(F)c1c[nH+]c(NCCCNC(=S)Nc2cccnc2)c(Cl)c1. The van der Waals surface area contributed by atoms with Crippen LogP contribution in [-0.2, 0) is 6.18 Å². The summed E-state index contributed by atoms with van der Waals surface area (Å²) in [5, 5.41) is 9.40. The third kappa shape index (κ3) is 6.35. The molecule has 0 amide bonds. The van der Waals surface area contributed by atoms with Gasteiger partial charge in [0.2, 0.25) is 0 Å². The number of anilines is 2. The van der Waals surface area contributed by atoms with Crippen molar-refractivity contribution in [3.63, 3.8) is 0 Å². The van der Waals surface area contributed by atoms with E-state index in [-0.39, 0.29) is 5.02 Å². The first kappa shape index (κ1) is 19.2. The number of hydrogen-bond acceptors (Lipinski definition) is 3. The highest BCUT2D eigenvalue weighted by molar-refractivity contribution is 7.80. The summed E-state index contributed by atoms with van der Waals surface area (Å²) in [5.74, 6) is 0.339. The first-order valence-corrected chi connectivity index (χ1v) is 8.12. The van der Waals surface area contributed by atoms with Gasteiger partial charge in [0.05, 0.1) is 24.0 Å². The zero-order valence-corrected chi connectivity index (χ0v) is 14.5. The van der Waals surface area contributed by atoms with Gasteiger partial charge in [0, 0.05) is 19.2 Å². The lowest BCUT2D eigenvalue weighted by atomic mass is 10.2. The second-order valence-corrected chi connectivity index (χ2v) is 5.83. The fraction of sp³-hybridized carbons (Fsp3) is 0.267. The van der Waals surface area contributed by atoms with Gasteiger partial charge >= 0.3 is 6.18 Å². The molecule has 10 heteroatoms. The first-order valence-electron chi connectivity index (χ1n) is 7.33. The fourth-order valence-electron chi connectivity index (χ4n) is 1.88. The van der Waals surface area contributed by atoms with Crippen molar-refractivity contribution in [2.24, 2.45) is 0 Å². The maximum absolute atomic E-state index is 12.6. The zero-order chi connectivity index (χ0) is 18.3. The number of rotatable bonds is 6. The van der Waals surface area contributed by atoms with Gasteiger partial charge in [0.25, 0.3) is 5.82 Å². The van der Waals surface area contributed by atoms with Crippen LogP contribution in [0.5, 0.6) is 0 Å². The Morgan fingerprint density at radius 2 is 2.12 bits per heavy atom. The second-order valence-electron chi connectivity index (χ2n) is 5.01. The summed E-state index contributed by atoms with van der Waals surface area (Å²) in [5.41, 5.74) is -0.0409. The highest BCUT2D eigenvalue weighted by Gasteiger charge is 2.32. The van der Waals surface area contributed by atoms with E-state index in [0.29, 0.717) is 30.4 Å². The lowest BCUT2D eigenvalue weighted by molar-refractivity contribution is -0.364. The van der Waals surface area contributed by atoms with Crippen LogP contribution in [0, 0.1) is 0 Å². The molecule has 0 unspecified atom stereocenters. The Bertz CT molecular complexity index is 712. The monoisotopic (exact) mass is 390 g/mol. The highest BCUT2D eigenvalue weighted by Crippen LogP contribution is 2.31. The molecule has 0 radical (unpaired) electrons. The van der Waals surface area contributed by atoms with Crippen molar-refractivity contribution < 1.29 is 18.2 Å². The molecular weight excluding hydrogens is 375 g/mol. The molecule has 0 saturated carbocycles. The third-order valence-electron chi connectivity index (χ3n) is 3.08. The van der Waals surface area contributed by atoms with Gasteiger partial charge in [-0.2, -0.15) is 13.2 Å². The summed E-state index contributed by atoms with van der Waals surface area (Å²) in [6.45, 7) is 1.08. The minimum atomic E-state index is -4.43. The molecule has 5 nitrogen and oxygen atoms in total. The number of hydrogen-bond donors (Lipinski definition) is 3. The Morgan fingerprint density at radius 1 is 1.32 bits per heavy atom. The van der Waals surface area contributed by atoms with E-state index in [9.17, 15) is 13.2 Å². The summed E-state index contributed by atoms with van der Waals surface area (Å²) < 4.78 is 37.7. The van der Waals surface area contributed by atoms with Crippen molar-refractivity contribution in [2.45, 2.75) is 12.6 Å². The molecule has 0 bridgehead atoms. The van der Waals surface area contributed by atoms with Gasteiger partial charge in [0.15, 0.2) is 5.11 Å². The van der Waals surface area contributed by atoms with Gasteiger partial charge in [-0.15, -0.1) is 0 Å². The lowest BCUT2D eigenvalue weighted by Gasteiger charge is -2.10. The summed E-state index contributed by atoms with van der Waals surface area (Å²) in [6, 6.07) is 4.51. The predicted octanol–water partition coefficient (Wildman–Crippen LogP) is 3.36. The number of H-pyrrole nitrogens is 1. The molecule has 0 aliphatic heterocycles. The lowest BCUT2D eigenvalue weighted by Crippen LogP contribution is -2.30. The van der Waals surface area contributed by atoms with E-state index in [1.807, 2.05) is 6.07 Å². The van der Waals surface area contributed by atoms with Gasteiger partial charge in [0.1, 0.15) is 11.2 Å². The minimum absolute atomic E-state index is 0.0171. The predicted molar refractivity (Wildman–Crippen MR) is 94.6 cm³/mol. The number of aromatic nitrogens is 2. The van der Waals surface area contributed by atoms with Crippen LogP contribution in [0.3, 0.4) is 0 Å². The van der Waals surface area contributed by atoms with Gasteiger partial charge in [-0.25, -0.2) is 4.98 Å². The molecule has 134 valence electrons. The van der Waals surface area contributed by atoms with Crippen LogP contribution < -0.4 is 20.9 Å². The molecule has 2 aromatic rings. The quantitative estimate of drug-likeness (QED) is 0.521. The van der Waals surface area contributed by atoms with Gasteiger partial charge < -0.3 is 10.6 Å². The van der Waals surface area contributed by atoms with Crippen LogP contribution in [0.1, 0.15) is 12.0 Å². The van der Waals surface area contributed by atoms with Crippen LogP contribution in [0.2, 0.25) is 5.02 Å². The number of halogens is 4. The summed E-state index contributed by atoms with van der Waals surface area (Å²) in [6.07, 6.45) is 0.438. The van der Waals surface area contributed by atoms with Crippen molar-refractivity contribution in [1.82, 2.24) is 10.3 Å². The number of pyridine rings is 2. The molecule has 0 atom stereocenters. The van der Waals surface area contributed by atoms with Crippen LogP contribution in [0.25, 0.3) is 0 Å². The van der Waals surface area contributed by atoms with Crippen molar-refractivity contribution in [3.05, 3.63) is 47.4 Å². The number of thiocarbonyl (C=S) groups is 1. The van der Waals surface area contributed by atoms with Crippen molar-refractivity contribution in [2.75, 3.05) is 23.7 Å². The molecule has 25 heavy (non-hydrogen) atoms. The van der Waals surface area contributed by atoms with E-state index < -0.39 is 11.7 Å². The molecule has 0 aliphatic carbocycles. The largest absolute Gasteiger partial charge is 0.419 e.